The average Bonchev–Trinajstić information content (AvgIpc) is 1.99. The van der Waals surface area contributed by atoms with E-state index in [2.05, 4.69) is 0 Å². The van der Waals surface area contributed by atoms with Gasteiger partial charge in [0.25, 0.3) is 0 Å². The molecule has 1 saturated heterocycles. The maximum atomic E-state index is 10.6. The fraction of sp³-hybridized carbons (Fsp3) is 0.900. The molecule has 0 aromatic carbocycles. The fourth-order valence-corrected chi connectivity index (χ4v) is 1.79. The highest BCUT2D eigenvalue weighted by molar-refractivity contribution is 5.67. The van der Waals surface area contributed by atoms with E-state index in [1.807, 2.05) is 20.8 Å². The number of carboxylic acid groups (broad SMARTS) is 1. The first-order valence-electron chi connectivity index (χ1n) is 5.00. The van der Waals surface area contributed by atoms with E-state index >= 15 is 0 Å². The molecule has 1 heterocycles. The third-order valence-electron chi connectivity index (χ3n) is 2.28. The highest BCUT2D eigenvalue weighted by Crippen LogP contribution is 2.29. The molecule has 0 aromatic rings. The van der Waals surface area contributed by atoms with Crippen LogP contribution in [0.1, 0.15) is 40.0 Å². The van der Waals surface area contributed by atoms with Gasteiger partial charge in [0.2, 0.25) is 0 Å². The standard InChI is InChI=1S/C10H18O4/c1-4-7-5-8(6-9(11)12)14-10(2,3)13-7/h7-8H,4-6H2,1-3H3,(H,11,12). The van der Waals surface area contributed by atoms with Crippen molar-refractivity contribution in [3.63, 3.8) is 0 Å². The zero-order valence-corrected chi connectivity index (χ0v) is 8.95. The van der Waals surface area contributed by atoms with Crippen molar-refractivity contribution < 1.29 is 19.4 Å². The van der Waals surface area contributed by atoms with Crippen LogP contribution in [-0.2, 0) is 14.3 Å². The van der Waals surface area contributed by atoms with Gasteiger partial charge in [0.05, 0.1) is 18.6 Å². The Morgan fingerprint density at radius 1 is 1.43 bits per heavy atom. The fourth-order valence-electron chi connectivity index (χ4n) is 1.79. The molecule has 82 valence electrons. The molecule has 2 atom stereocenters. The Morgan fingerprint density at radius 2 is 2.00 bits per heavy atom. The molecule has 4 heteroatoms. The molecular formula is C10H18O4. The molecule has 0 amide bonds. The van der Waals surface area contributed by atoms with Crippen LogP contribution in [0.5, 0.6) is 0 Å². The van der Waals surface area contributed by atoms with Crippen LogP contribution in [0.25, 0.3) is 0 Å². The van der Waals surface area contributed by atoms with E-state index in [0.29, 0.717) is 6.42 Å². The van der Waals surface area contributed by atoms with Crippen LogP contribution in [0.4, 0.5) is 0 Å². The summed E-state index contributed by atoms with van der Waals surface area (Å²) in [5.74, 6) is -1.47. The Kier molecular flexibility index (Phi) is 3.50. The molecule has 1 rings (SSSR count). The van der Waals surface area contributed by atoms with Crippen molar-refractivity contribution in [2.75, 3.05) is 0 Å². The van der Waals surface area contributed by atoms with Crippen LogP contribution in [0.15, 0.2) is 0 Å². The van der Waals surface area contributed by atoms with E-state index in [-0.39, 0.29) is 18.6 Å². The van der Waals surface area contributed by atoms with Gasteiger partial charge in [-0.25, -0.2) is 0 Å². The minimum absolute atomic E-state index is 0.0588. The highest BCUT2D eigenvalue weighted by atomic mass is 16.7. The lowest BCUT2D eigenvalue weighted by molar-refractivity contribution is -0.299. The van der Waals surface area contributed by atoms with E-state index in [1.54, 1.807) is 0 Å². The van der Waals surface area contributed by atoms with Gasteiger partial charge in [-0.3, -0.25) is 4.79 Å². The molecule has 1 fully saturated rings. The molecule has 0 radical (unpaired) electrons. The quantitative estimate of drug-likeness (QED) is 0.758. The maximum absolute atomic E-state index is 10.6. The molecule has 1 aliphatic heterocycles. The van der Waals surface area contributed by atoms with Crippen LogP contribution in [0.3, 0.4) is 0 Å². The summed E-state index contributed by atoms with van der Waals surface area (Å²) in [6, 6.07) is 0. The second-order valence-corrected chi connectivity index (χ2v) is 4.12. The van der Waals surface area contributed by atoms with E-state index in [1.165, 1.54) is 0 Å². The number of carbonyl (C=O) groups is 1. The van der Waals surface area contributed by atoms with E-state index < -0.39 is 11.8 Å². The largest absolute Gasteiger partial charge is 0.481 e. The molecule has 2 unspecified atom stereocenters. The van der Waals surface area contributed by atoms with Crippen molar-refractivity contribution in [2.24, 2.45) is 0 Å². The second-order valence-electron chi connectivity index (χ2n) is 4.12. The Bertz CT molecular complexity index is 212. The zero-order chi connectivity index (χ0) is 10.8. The Balaban J connectivity index is 2.56. The second kappa shape index (κ2) is 4.28. The highest BCUT2D eigenvalue weighted by Gasteiger charge is 2.35. The van der Waals surface area contributed by atoms with E-state index in [9.17, 15) is 4.79 Å². The molecule has 1 N–H and O–H groups in total. The van der Waals surface area contributed by atoms with Crippen molar-refractivity contribution in [1.82, 2.24) is 0 Å². The monoisotopic (exact) mass is 202 g/mol. The molecule has 14 heavy (non-hydrogen) atoms. The summed E-state index contributed by atoms with van der Waals surface area (Å²) in [6.45, 7) is 5.68. The van der Waals surface area contributed by atoms with Crippen LogP contribution >= 0.6 is 0 Å². The number of aliphatic carboxylic acids is 1. The molecular weight excluding hydrogens is 184 g/mol. The lowest BCUT2D eigenvalue weighted by Gasteiger charge is -2.40. The van der Waals surface area contributed by atoms with Gasteiger partial charge in [-0.1, -0.05) is 6.92 Å². The van der Waals surface area contributed by atoms with Gasteiger partial charge in [-0.05, 0) is 20.3 Å². The summed E-state index contributed by atoms with van der Waals surface area (Å²) in [4.78, 5) is 10.6. The third kappa shape index (κ3) is 3.27. The third-order valence-corrected chi connectivity index (χ3v) is 2.28. The average molecular weight is 202 g/mol. The van der Waals surface area contributed by atoms with Crippen LogP contribution in [-0.4, -0.2) is 29.1 Å². The van der Waals surface area contributed by atoms with Crippen LogP contribution in [0.2, 0.25) is 0 Å². The maximum Gasteiger partial charge on any atom is 0.305 e. The van der Waals surface area contributed by atoms with Crippen molar-refractivity contribution in [3.05, 3.63) is 0 Å². The Morgan fingerprint density at radius 3 is 2.50 bits per heavy atom. The van der Waals surface area contributed by atoms with Crippen molar-refractivity contribution in [3.8, 4) is 0 Å². The summed E-state index contributed by atoms with van der Waals surface area (Å²) in [5.41, 5.74) is 0. The normalized spacial score (nSPS) is 31.4. The molecule has 0 aromatic heterocycles. The van der Waals surface area contributed by atoms with Gasteiger partial charge in [0.1, 0.15) is 0 Å². The van der Waals surface area contributed by atoms with Gasteiger partial charge in [-0.2, -0.15) is 0 Å². The van der Waals surface area contributed by atoms with Gasteiger partial charge < -0.3 is 14.6 Å². The Labute approximate surface area is 84.2 Å². The minimum Gasteiger partial charge on any atom is -0.481 e. The summed E-state index contributed by atoms with van der Waals surface area (Å²) in [5, 5.41) is 8.67. The smallest absolute Gasteiger partial charge is 0.305 e. The molecule has 4 nitrogen and oxygen atoms in total. The molecule has 0 bridgehead atoms. The van der Waals surface area contributed by atoms with Crippen LogP contribution in [0, 0.1) is 0 Å². The first-order valence-corrected chi connectivity index (χ1v) is 5.00. The summed E-state index contributed by atoms with van der Waals surface area (Å²) >= 11 is 0. The lowest BCUT2D eigenvalue weighted by atomic mass is 10.0. The van der Waals surface area contributed by atoms with Gasteiger partial charge >= 0.3 is 5.97 Å². The number of ether oxygens (including phenoxy) is 2. The minimum atomic E-state index is -0.817. The predicted molar refractivity (Wildman–Crippen MR) is 51.0 cm³/mol. The van der Waals surface area contributed by atoms with Crippen molar-refractivity contribution in [1.29, 1.82) is 0 Å². The molecule has 0 spiro atoms. The number of rotatable bonds is 3. The van der Waals surface area contributed by atoms with Crippen molar-refractivity contribution >= 4 is 5.97 Å². The molecule has 1 aliphatic rings. The SMILES string of the molecule is CCC1CC(CC(=O)O)OC(C)(C)O1. The van der Waals surface area contributed by atoms with E-state index in [0.717, 1.165) is 6.42 Å². The van der Waals surface area contributed by atoms with E-state index in [4.69, 9.17) is 14.6 Å². The van der Waals surface area contributed by atoms with Gasteiger partial charge in [0, 0.05) is 6.42 Å². The zero-order valence-electron chi connectivity index (χ0n) is 8.95. The van der Waals surface area contributed by atoms with Gasteiger partial charge in [0.15, 0.2) is 5.79 Å². The first-order chi connectivity index (χ1) is 6.43. The topological polar surface area (TPSA) is 55.8 Å². The Hall–Kier alpha value is -0.610. The molecule has 0 saturated carbocycles. The van der Waals surface area contributed by atoms with Gasteiger partial charge in [-0.15, -0.1) is 0 Å². The summed E-state index contributed by atoms with van der Waals surface area (Å²) < 4.78 is 11.1. The number of hydrogen-bond acceptors (Lipinski definition) is 3. The van der Waals surface area contributed by atoms with Crippen LogP contribution < -0.4 is 0 Å². The summed E-state index contributed by atoms with van der Waals surface area (Å²) in [7, 11) is 0. The number of carboxylic acids is 1. The first kappa shape index (κ1) is 11.5. The predicted octanol–water partition coefficient (Wildman–Crippen LogP) is 1.78. The molecule has 0 aliphatic carbocycles. The lowest BCUT2D eigenvalue weighted by Crippen LogP contribution is -2.45. The number of hydrogen-bond donors (Lipinski definition) is 1. The van der Waals surface area contributed by atoms with Crippen molar-refractivity contribution in [2.45, 2.75) is 58.0 Å². The summed E-state index contributed by atoms with van der Waals surface area (Å²) in [6.07, 6.45) is 1.52.